The van der Waals surface area contributed by atoms with Gasteiger partial charge in [-0.1, -0.05) is 96.0 Å². The van der Waals surface area contributed by atoms with Crippen LogP contribution in [0.1, 0.15) is 32.3 Å². The Kier molecular flexibility index (Phi) is 10.9. The summed E-state index contributed by atoms with van der Waals surface area (Å²) in [5.41, 5.74) is 3.96. The van der Waals surface area contributed by atoms with E-state index in [1.54, 1.807) is 78.9 Å². The van der Waals surface area contributed by atoms with Gasteiger partial charge >= 0.3 is 0 Å². The number of rotatable bonds is 10. The number of hydrogen-bond acceptors (Lipinski definition) is 4. The van der Waals surface area contributed by atoms with Crippen LogP contribution >= 0.6 is 35.0 Å². The van der Waals surface area contributed by atoms with Crippen molar-refractivity contribution < 1.29 is 14.4 Å². The number of halogens is 2. The monoisotopic (exact) mass is 665 g/mol. The van der Waals surface area contributed by atoms with Gasteiger partial charge in [0.1, 0.15) is 10.9 Å². The number of carbonyl (C=O) groups excluding carboxylic acids is 3. The van der Waals surface area contributed by atoms with Crippen molar-refractivity contribution in [1.29, 1.82) is 0 Å². The average Bonchev–Trinajstić information content (AvgIpc) is 3.07. The van der Waals surface area contributed by atoms with Crippen molar-refractivity contribution in [2.45, 2.75) is 17.1 Å². The lowest BCUT2D eigenvalue weighted by Crippen LogP contribution is -2.30. The van der Waals surface area contributed by atoms with Crippen LogP contribution in [0.15, 0.2) is 138 Å². The Hall–Kier alpha value is -4.82. The number of benzene rings is 5. The van der Waals surface area contributed by atoms with Gasteiger partial charge < -0.3 is 16.0 Å². The first-order valence-electron chi connectivity index (χ1n) is 14.3. The maximum absolute atomic E-state index is 13.6. The maximum Gasteiger partial charge on any atom is 0.272 e. The van der Waals surface area contributed by atoms with Crippen LogP contribution in [0.5, 0.6) is 0 Å². The van der Waals surface area contributed by atoms with E-state index in [9.17, 15) is 14.4 Å². The predicted octanol–water partition coefficient (Wildman–Crippen LogP) is 9.18. The van der Waals surface area contributed by atoms with Crippen molar-refractivity contribution in [3.63, 3.8) is 0 Å². The number of anilines is 2. The summed E-state index contributed by atoms with van der Waals surface area (Å²) >= 11 is 13.7. The second kappa shape index (κ2) is 15.5. The molecule has 9 heteroatoms. The van der Waals surface area contributed by atoms with E-state index in [0.29, 0.717) is 32.5 Å². The van der Waals surface area contributed by atoms with Crippen LogP contribution in [-0.2, 0) is 9.59 Å². The highest BCUT2D eigenvalue weighted by Crippen LogP contribution is 2.37. The number of thioether (sulfide) groups is 1. The van der Waals surface area contributed by atoms with Crippen LogP contribution in [0.3, 0.4) is 0 Å². The first-order chi connectivity index (χ1) is 22.2. The van der Waals surface area contributed by atoms with Crippen LogP contribution in [0.4, 0.5) is 11.4 Å². The largest absolute Gasteiger partial charge is 0.325 e. The Morgan fingerprint density at radius 1 is 0.717 bits per heavy atom. The zero-order valence-electron chi connectivity index (χ0n) is 24.7. The minimum absolute atomic E-state index is 0.0486. The topological polar surface area (TPSA) is 87.3 Å². The molecule has 230 valence electrons. The van der Waals surface area contributed by atoms with E-state index in [4.69, 9.17) is 23.2 Å². The van der Waals surface area contributed by atoms with Gasteiger partial charge in [0.2, 0.25) is 5.91 Å². The molecule has 3 amide bonds. The molecule has 0 aliphatic heterocycles. The van der Waals surface area contributed by atoms with E-state index >= 15 is 0 Å². The Morgan fingerprint density at radius 2 is 1.39 bits per heavy atom. The lowest BCUT2D eigenvalue weighted by molar-refractivity contribution is -0.116. The van der Waals surface area contributed by atoms with Crippen molar-refractivity contribution in [2.75, 3.05) is 10.6 Å². The second-order valence-corrected chi connectivity index (χ2v) is 12.3. The summed E-state index contributed by atoms with van der Waals surface area (Å²) in [5.74, 6) is -1.16. The molecule has 5 aromatic carbocycles. The molecule has 0 fully saturated rings. The Bertz CT molecular complexity index is 1880. The highest BCUT2D eigenvalue weighted by molar-refractivity contribution is 8.00. The quantitative estimate of drug-likeness (QED) is 0.103. The zero-order chi connectivity index (χ0) is 32.5. The van der Waals surface area contributed by atoms with Gasteiger partial charge in [0, 0.05) is 31.9 Å². The molecule has 0 heterocycles. The summed E-state index contributed by atoms with van der Waals surface area (Å²) in [6, 6.07) is 37.6. The van der Waals surface area contributed by atoms with Crippen molar-refractivity contribution in [2.24, 2.45) is 0 Å². The fourth-order valence-corrected chi connectivity index (χ4v) is 5.82. The molecule has 0 spiro atoms. The van der Waals surface area contributed by atoms with Crippen molar-refractivity contribution in [3.8, 4) is 0 Å². The summed E-state index contributed by atoms with van der Waals surface area (Å²) in [5, 5.41) is 9.12. The Morgan fingerprint density at radius 3 is 2.09 bits per heavy atom. The third-order valence-corrected chi connectivity index (χ3v) is 8.74. The van der Waals surface area contributed by atoms with Gasteiger partial charge in [0.15, 0.2) is 0 Å². The summed E-state index contributed by atoms with van der Waals surface area (Å²) in [6.45, 7) is 1.90. The second-order valence-electron chi connectivity index (χ2n) is 10.3. The molecule has 0 aliphatic rings. The molecule has 1 unspecified atom stereocenters. The molecule has 5 aromatic rings. The molecule has 3 N–H and O–H groups in total. The first kappa shape index (κ1) is 32.6. The molecule has 0 bridgehead atoms. The smallest absolute Gasteiger partial charge is 0.272 e. The van der Waals surface area contributed by atoms with E-state index in [1.807, 2.05) is 61.5 Å². The van der Waals surface area contributed by atoms with Crippen molar-refractivity contribution in [3.05, 3.63) is 165 Å². The molecule has 5 rings (SSSR count). The van der Waals surface area contributed by atoms with Crippen molar-refractivity contribution in [1.82, 2.24) is 5.32 Å². The number of aryl methyl sites for hydroxylation is 1. The van der Waals surface area contributed by atoms with Crippen LogP contribution in [0, 0.1) is 6.92 Å². The molecule has 0 radical (unpaired) electrons. The highest BCUT2D eigenvalue weighted by Gasteiger charge is 2.23. The highest BCUT2D eigenvalue weighted by atomic mass is 35.5. The first-order valence-corrected chi connectivity index (χ1v) is 15.9. The predicted molar refractivity (Wildman–Crippen MR) is 188 cm³/mol. The molecule has 0 aromatic heterocycles. The van der Waals surface area contributed by atoms with E-state index < -0.39 is 17.1 Å². The molecule has 0 saturated carbocycles. The molecule has 46 heavy (non-hydrogen) atoms. The lowest BCUT2D eigenvalue weighted by Gasteiger charge is -2.18. The Balaban J connectivity index is 1.37. The number of nitrogens with one attached hydrogen (secondary N) is 3. The van der Waals surface area contributed by atoms with E-state index in [1.165, 1.54) is 11.8 Å². The van der Waals surface area contributed by atoms with Crippen LogP contribution < -0.4 is 16.0 Å². The maximum atomic E-state index is 13.6. The van der Waals surface area contributed by atoms with Gasteiger partial charge in [-0.3, -0.25) is 14.4 Å². The number of carbonyl (C=O) groups is 3. The number of hydrogen-bond donors (Lipinski definition) is 3. The average molecular weight is 667 g/mol. The Labute approximate surface area is 281 Å². The molecule has 1 atom stereocenters. The minimum atomic E-state index is -0.599. The zero-order valence-corrected chi connectivity index (χ0v) is 27.0. The van der Waals surface area contributed by atoms with Gasteiger partial charge in [-0.15, -0.1) is 11.8 Å². The molecular formula is C37H29Cl2N3O3S. The fourth-order valence-electron chi connectivity index (χ4n) is 4.43. The summed E-state index contributed by atoms with van der Waals surface area (Å²) in [7, 11) is 0. The van der Waals surface area contributed by atoms with Crippen LogP contribution in [-0.4, -0.2) is 17.7 Å². The van der Waals surface area contributed by atoms with Crippen LogP contribution in [0.25, 0.3) is 6.08 Å². The fraction of sp³-hybridized carbons (Fsp3) is 0.0541. The summed E-state index contributed by atoms with van der Waals surface area (Å²) in [4.78, 5) is 40.9. The number of amides is 3. The lowest BCUT2D eigenvalue weighted by atomic mass is 10.1. The third-order valence-electron chi connectivity index (χ3n) is 6.84. The molecule has 6 nitrogen and oxygen atoms in total. The van der Waals surface area contributed by atoms with Gasteiger partial charge in [-0.2, -0.15) is 0 Å². The van der Waals surface area contributed by atoms with Crippen LogP contribution in [0.2, 0.25) is 10.0 Å². The van der Waals surface area contributed by atoms with E-state index in [0.717, 1.165) is 16.0 Å². The van der Waals surface area contributed by atoms with Gasteiger partial charge in [0.05, 0.1) is 0 Å². The SMILES string of the molecule is Cc1ccc(NC(=O)C(Sc2cccc(NC(=O)/C(=C/c3ccc(Cl)cc3)NC(=O)c3ccccc3)c2)c2ccccc2)cc1Cl. The molecule has 0 saturated heterocycles. The van der Waals surface area contributed by atoms with Crippen molar-refractivity contribution >= 4 is 70.1 Å². The minimum Gasteiger partial charge on any atom is -0.325 e. The van der Waals surface area contributed by atoms with Gasteiger partial charge in [-0.05, 0) is 84.3 Å². The van der Waals surface area contributed by atoms with E-state index in [-0.39, 0.29) is 11.6 Å². The standard InChI is InChI=1S/C37H29Cl2N3O3S/c1-24-15-20-30(23-32(24)39)41-37(45)34(26-9-4-2-5-10-26)46-31-14-8-13-29(22-31)40-36(44)33(21-25-16-18-28(38)19-17-25)42-35(43)27-11-6-3-7-12-27/h2-23,34H,1H3,(H,40,44)(H,41,45)(H,42,43)/b33-21-. The summed E-state index contributed by atoms with van der Waals surface area (Å²) < 4.78 is 0. The van der Waals surface area contributed by atoms with Gasteiger partial charge in [-0.25, -0.2) is 0 Å². The molecular weight excluding hydrogens is 637 g/mol. The third kappa shape index (κ3) is 8.88. The normalized spacial score (nSPS) is 11.8. The molecule has 0 aliphatic carbocycles. The van der Waals surface area contributed by atoms with E-state index in [2.05, 4.69) is 16.0 Å². The summed E-state index contributed by atoms with van der Waals surface area (Å²) in [6.07, 6.45) is 1.58. The van der Waals surface area contributed by atoms with Gasteiger partial charge in [0.25, 0.3) is 11.8 Å².